The molecule has 0 radical (unpaired) electrons. The summed E-state index contributed by atoms with van der Waals surface area (Å²) in [5.41, 5.74) is 2.17. The zero-order valence-electron chi connectivity index (χ0n) is 17.2. The summed E-state index contributed by atoms with van der Waals surface area (Å²) >= 11 is 0. The topological polar surface area (TPSA) is 22.1 Å². The molecule has 2 heteroatoms. The highest BCUT2D eigenvalue weighted by Crippen LogP contribution is 2.09. The molecular weight excluding hydrogens is 306 g/mol. The van der Waals surface area contributed by atoms with E-state index in [0.717, 1.165) is 24.4 Å². The highest BCUT2D eigenvalue weighted by molar-refractivity contribution is 5.09. The van der Waals surface area contributed by atoms with Crippen LogP contribution in [0.25, 0.3) is 0 Å². The molecule has 1 heterocycles. The number of aryl methyl sites for hydroxylation is 1. The van der Waals surface area contributed by atoms with Crippen molar-refractivity contribution in [2.75, 3.05) is 13.7 Å². The summed E-state index contributed by atoms with van der Waals surface area (Å²) in [7, 11) is 1.70. The molecule has 0 aliphatic rings. The first-order valence-electron chi connectivity index (χ1n) is 9.99. The second-order valence-corrected chi connectivity index (χ2v) is 6.34. The molecule has 0 spiro atoms. The number of methoxy groups -OCH3 is 1. The van der Waals surface area contributed by atoms with E-state index >= 15 is 0 Å². The highest BCUT2D eigenvalue weighted by Gasteiger charge is 1.93. The Balaban J connectivity index is 0. The van der Waals surface area contributed by atoms with Crippen LogP contribution in [0.4, 0.5) is 0 Å². The summed E-state index contributed by atoms with van der Waals surface area (Å²) in [4.78, 5) is 4.33. The Hall–Kier alpha value is -1.33. The Morgan fingerprint density at radius 2 is 1.32 bits per heavy atom. The average molecular weight is 348 g/mol. The quantitative estimate of drug-likeness (QED) is 0.308. The third kappa shape index (κ3) is 20.6. The van der Waals surface area contributed by atoms with Crippen molar-refractivity contribution in [1.29, 1.82) is 0 Å². The van der Waals surface area contributed by atoms with Crippen molar-refractivity contribution >= 4 is 0 Å². The minimum Gasteiger partial charge on any atom is -0.384 e. The lowest BCUT2D eigenvalue weighted by Crippen LogP contribution is -1.97. The fourth-order valence-electron chi connectivity index (χ4n) is 2.51. The fraction of sp³-hybridized carbons (Fsp3) is 0.696. The number of nitrogens with zero attached hydrogens (tertiary/aromatic N) is 1. The average Bonchev–Trinajstić information content (AvgIpc) is 2.64. The van der Waals surface area contributed by atoms with Gasteiger partial charge in [-0.25, -0.2) is 0 Å². The van der Waals surface area contributed by atoms with Crippen molar-refractivity contribution < 1.29 is 4.74 Å². The molecule has 1 aromatic heterocycles. The van der Waals surface area contributed by atoms with E-state index in [0.29, 0.717) is 0 Å². The second-order valence-electron chi connectivity index (χ2n) is 6.34. The smallest absolute Gasteiger partial charge is 0.0517 e. The van der Waals surface area contributed by atoms with Gasteiger partial charge in [0, 0.05) is 24.9 Å². The first-order chi connectivity index (χ1) is 12.2. The molecule has 0 bridgehead atoms. The SMILES string of the molecule is C#C.CCCCCCCCCCCC.COCCc1cccc(C)n1. The van der Waals surface area contributed by atoms with Gasteiger partial charge in [0.2, 0.25) is 0 Å². The minimum absolute atomic E-state index is 0.746. The van der Waals surface area contributed by atoms with Crippen molar-refractivity contribution in [1.82, 2.24) is 4.98 Å². The Labute approximate surface area is 157 Å². The van der Waals surface area contributed by atoms with Gasteiger partial charge in [-0.2, -0.15) is 0 Å². The standard InChI is InChI=1S/C12H26.C9H13NO.C2H2/c1-3-5-7-9-11-12-10-8-6-4-2;1-8-4-3-5-9(10-8)6-7-11-2;1-2/h3-12H2,1-2H3;3-5H,6-7H2,1-2H3;1-2H. The lowest BCUT2D eigenvalue weighted by Gasteiger charge is -1.99. The van der Waals surface area contributed by atoms with Crippen LogP contribution in [0.2, 0.25) is 0 Å². The van der Waals surface area contributed by atoms with E-state index in [-0.39, 0.29) is 0 Å². The van der Waals surface area contributed by atoms with Crippen LogP contribution in [-0.2, 0) is 11.2 Å². The maximum Gasteiger partial charge on any atom is 0.0517 e. The zero-order valence-corrected chi connectivity index (χ0v) is 17.2. The lowest BCUT2D eigenvalue weighted by molar-refractivity contribution is 0.201. The van der Waals surface area contributed by atoms with E-state index in [4.69, 9.17) is 4.74 Å². The van der Waals surface area contributed by atoms with Gasteiger partial charge in [0.15, 0.2) is 0 Å². The normalized spacial score (nSPS) is 9.52. The van der Waals surface area contributed by atoms with E-state index < -0.39 is 0 Å². The minimum atomic E-state index is 0.746. The van der Waals surface area contributed by atoms with Crippen LogP contribution in [0.3, 0.4) is 0 Å². The van der Waals surface area contributed by atoms with E-state index in [9.17, 15) is 0 Å². The van der Waals surface area contributed by atoms with E-state index in [1.807, 2.05) is 25.1 Å². The summed E-state index contributed by atoms with van der Waals surface area (Å²) in [6, 6.07) is 6.04. The van der Waals surface area contributed by atoms with Crippen LogP contribution in [0.15, 0.2) is 18.2 Å². The van der Waals surface area contributed by atoms with Gasteiger partial charge in [-0.3, -0.25) is 4.98 Å². The first-order valence-corrected chi connectivity index (χ1v) is 9.99. The molecule has 0 fully saturated rings. The summed E-state index contributed by atoms with van der Waals surface area (Å²) in [5, 5.41) is 0. The number of unbranched alkanes of at least 4 members (excludes halogenated alkanes) is 9. The molecule has 0 saturated carbocycles. The van der Waals surface area contributed by atoms with Gasteiger partial charge in [0.05, 0.1) is 6.61 Å². The molecule has 0 unspecified atom stereocenters. The van der Waals surface area contributed by atoms with Gasteiger partial charge in [0.25, 0.3) is 0 Å². The lowest BCUT2D eigenvalue weighted by atomic mass is 10.1. The number of rotatable bonds is 12. The van der Waals surface area contributed by atoms with Crippen molar-refractivity contribution in [2.24, 2.45) is 0 Å². The Morgan fingerprint density at radius 1 is 0.840 bits per heavy atom. The second kappa shape index (κ2) is 22.7. The largest absolute Gasteiger partial charge is 0.384 e. The van der Waals surface area contributed by atoms with Crippen molar-refractivity contribution in [3.63, 3.8) is 0 Å². The molecule has 144 valence electrons. The molecular formula is C23H41NO. The molecule has 0 amide bonds. The molecule has 0 aliphatic heterocycles. The third-order valence-electron chi connectivity index (χ3n) is 3.97. The molecule has 25 heavy (non-hydrogen) atoms. The van der Waals surface area contributed by atoms with Gasteiger partial charge in [-0.1, -0.05) is 84.1 Å². The number of hydrogen-bond acceptors (Lipinski definition) is 2. The molecule has 0 atom stereocenters. The number of ether oxygens (including phenoxy) is 1. The van der Waals surface area contributed by atoms with Gasteiger partial charge >= 0.3 is 0 Å². The van der Waals surface area contributed by atoms with Gasteiger partial charge in [0.1, 0.15) is 0 Å². The van der Waals surface area contributed by atoms with E-state index in [1.54, 1.807) is 7.11 Å². The van der Waals surface area contributed by atoms with E-state index in [2.05, 4.69) is 31.7 Å². The van der Waals surface area contributed by atoms with Crippen LogP contribution < -0.4 is 0 Å². The Bertz CT molecular complexity index is 377. The maximum atomic E-state index is 4.95. The molecule has 2 nitrogen and oxygen atoms in total. The molecule has 0 aromatic carbocycles. The number of pyridine rings is 1. The predicted octanol–water partition coefficient (Wildman–Crippen LogP) is 6.76. The van der Waals surface area contributed by atoms with Gasteiger partial charge in [-0.15, -0.1) is 12.8 Å². The highest BCUT2D eigenvalue weighted by atomic mass is 16.5. The van der Waals surface area contributed by atoms with Gasteiger partial charge in [-0.05, 0) is 19.1 Å². The summed E-state index contributed by atoms with van der Waals surface area (Å²) < 4.78 is 4.95. The van der Waals surface area contributed by atoms with Crippen LogP contribution in [0.1, 0.15) is 89.4 Å². The summed E-state index contributed by atoms with van der Waals surface area (Å²) in [5.74, 6) is 0. The van der Waals surface area contributed by atoms with Crippen molar-refractivity contribution in [3.05, 3.63) is 29.6 Å². The number of aromatic nitrogens is 1. The third-order valence-corrected chi connectivity index (χ3v) is 3.97. The molecule has 0 saturated heterocycles. The molecule has 1 rings (SSSR count). The van der Waals surface area contributed by atoms with Crippen LogP contribution >= 0.6 is 0 Å². The summed E-state index contributed by atoms with van der Waals surface area (Å²) in [6.07, 6.45) is 23.3. The van der Waals surface area contributed by atoms with Crippen LogP contribution in [-0.4, -0.2) is 18.7 Å². The molecule has 1 aromatic rings. The van der Waals surface area contributed by atoms with E-state index in [1.165, 1.54) is 64.2 Å². The predicted molar refractivity (Wildman–Crippen MR) is 112 cm³/mol. The van der Waals surface area contributed by atoms with Crippen molar-refractivity contribution in [3.8, 4) is 12.8 Å². The monoisotopic (exact) mass is 347 g/mol. The number of hydrogen-bond donors (Lipinski definition) is 0. The number of terminal acetylenes is 1. The van der Waals surface area contributed by atoms with Gasteiger partial charge < -0.3 is 4.74 Å². The molecule has 0 N–H and O–H groups in total. The van der Waals surface area contributed by atoms with Crippen LogP contribution in [0.5, 0.6) is 0 Å². The Morgan fingerprint density at radius 3 is 1.72 bits per heavy atom. The van der Waals surface area contributed by atoms with Crippen molar-refractivity contribution in [2.45, 2.75) is 91.4 Å². The first kappa shape index (κ1) is 25.9. The zero-order chi connectivity index (χ0) is 19.2. The fourth-order valence-corrected chi connectivity index (χ4v) is 2.51. The van der Waals surface area contributed by atoms with Crippen LogP contribution in [0, 0.1) is 19.8 Å². The summed E-state index contributed by atoms with van der Waals surface area (Å²) in [6.45, 7) is 7.30. The maximum absolute atomic E-state index is 4.95. The Kier molecular flexibility index (Phi) is 23.5. The molecule has 0 aliphatic carbocycles.